The van der Waals surface area contributed by atoms with Crippen LogP contribution in [0.2, 0.25) is 0 Å². The molecule has 0 saturated heterocycles. The number of fused-ring (bicyclic) bond motifs is 3. The zero-order valence-electron chi connectivity index (χ0n) is 24.8. The topological polar surface area (TPSA) is 3.24 Å². The van der Waals surface area contributed by atoms with Gasteiger partial charge < -0.3 is 4.90 Å². The molecule has 40 heavy (non-hydrogen) atoms. The molecule has 1 nitrogen and oxygen atoms in total. The van der Waals surface area contributed by atoms with Crippen molar-refractivity contribution in [3.05, 3.63) is 131 Å². The Morgan fingerprint density at radius 3 is 1.95 bits per heavy atom. The van der Waals surface area contributed by atoms with Gasteiger partial charge in [0.1, 0.15) is 0 Å². The number of rotatable bonds is 4. The van der Waals surface area contributed by atoms with Crippen molar-refractivity contribution in [2.45, 2.75) is 59.4 Å². The van der Waals surface area contributed by atoms with E-state index in [-0.39, 0.29) is 11.0 Å². The summed E-state index contributed by atoms with van der Waals surface area (Å²) in [7, 11) is 0. The van der Waals surface area contributed by atoms with Gasteiger partial charge in [-0.3, -0.25) is 0 Å². The van der Waals surface area contributed by atoms with Gasteiger partial charge in [0.05, 0.1) is 0 Å². The molecule has 0 aromatic heterocycles. The molecule has 5 aromatic carbocycles. The van der Waals surface area contributed by atoms with Crippen LogP contribution < -0.4 is 4.90 Å². The third kappa shape index (κ3) is 4.25. The summed E-state index contributed by atoms with van der Waals surface area (Å²) in [5, 5.41) is 0. The predicted octanol–water partition coefficient (Wildman–Crippen LogP) is 10.9. The van der Waals surface area contributed by atoms with Crippen LogP contribution in [-0.4, -0.2) is 5.54 Å². The summed E-state index contributed by atoms with van der Waals surface area (Å²) in [6, 6.07) is 40.3. The van der Waals surface area contributed by atoms with Crippen molar-refractivity contribution in [1.82, 2.24) is 0 Å². The fourth-order valence-electron chi connectivity index (χ4n) is 6.66. The van der Waals surface area contributed by atoms with E-state index in [1.54, 1.807) is 0 Å². The highest BCUT2D eigenvalue weighted by atomic mass is 15.2. The first kappa shape index (κ1) is 26.1. The van der Waals surface area contributed by atoms with Gasteiger partial charge in [-0.2, -0.15) is 0 Å². The maximum atomic E-state index is 2.50. The van der Waals surface area contributed by atoms with Crippen molar-refractivity contribution in [3.63, 3.8) is 0 Å². The molecular weight excluding hydrogens is 482 g/mol. The van der Waals surface area contributed by atoms with Gasteiger partial charge in [0, 0.05) is 22.3 Å². The van der Waals surface area contributed by atoms with E-state index in [0.29, 0.717) is 0 Å². The fourth-order valence-corrected chi connectivity index (χ4v) is 6.66. The Morgan fingerprint density at radius 2 is 1.20 bits per heavy atom. The molecule has 0 bridgehead atoms. The lowest BCUT2D eigenvalue weighted by molar-refractivity contribution is 0.559. The standard InChI is InChI=1S/C39H39N/c1-26-23-34-32-19-11-12-21-35(32)39(6,7)36(34)25-33(26)29-17-13-18-30(24-29)40(38(3,4)5)37-22-14-20-31(27(37)2)28-15-9-8-10-16-28/h8-25H,1-7H3. The summed E-state index contributed by atoms with van der Waals surface area (Å²) >= 11 is 0. The van der Waals surface area contributed by atoms with E-state index in [4.69, 9.17) is 0 Å². The van der Waals surface area contributed by atoms with Gasteiger partial charge in [-0.15, -0.1) is 0 Å². The minimum Gasteiger partial charge on any atom is -0.336 e. The second kappa shape index (κ2) is 9.52. The number of anilines is 2. The summed E-state index contributed by atoms with van der Waals surface area (Å²) in [5.41, 5.74) is 15.6. The number of benzene rings is 5. The van der Waals surface area contributed by atoms with E-state index < -0.39 is 0 Å². The van der Waals surface area contributed by atoms with E-state index in [9.17, 15) is 0 Å². The normalized spacial score (nSPS) is 13.6. The summed E-state index contributed by atoms with van der Waals surface area (Å²) in [5.74, 6) is 0. The predicted molar refractivity (Wildman–Crippen MR) is 173 cm³/mol. The van der Waals surface area contributed by atoms with Crippen LogP contribution in [-0.2, 0) is 5.41 Å². The molecule has 1 aliphatic rings. The smallest absolute Gasteiger partial charge is 0.0451 e. The van der Waals surface area contributed by atoms with E-state index in [2.05, 4.69) is 163 Å². The minimum absolute atomic E-state index is 0.0155. The third-order valence-corrected chi connectivity index (χ3v) is 8.65. The Hall–Kier alpha value is -4.10. The van der Waals surface area contributed by atoms with Crippen molar-refractivity contribution in [3.8, 4) is 33.4 Å². The number of aryl methyl sites for hydroxylation is 1. The van der Waals surface area contributed by atoms with Crippen LogP contribution in [0, 0.1) is 13.8 Å². The molecule has 0 aliphatic heterocycles. The molecule has 6 rings (SSSR count). The molecule has 0 spiro atoms. The Bertz CT molecular complexity index is 1720. The summed E-state index contributed by atoms with van der Waals surface area (Å²) < 4.78 is 0. The largest absolute Gasteiger partial charge is 0.336 e. The van der Waals surface area contributed by atoms with Crippen LogP contribution in [0.1, 0.15) is 56.9 Å². The van der Waals surface area contributed by atoms with E-state index in [1.165, 1.54) is 67.0 Å². The highest BCUT2D eigenvalue weighted by molar-refractivity contribution is 5.86. The van der Waals surface area contributed by atoms with Crippen LogP contribution >= 0.6 is 0 Å². The molecule has 0 saturated carbocycles. The molecule has 1 aliphatic carbocycles. The van der Waals surface area contributed by atoms with Gasteiger partial charge in [-0.25, -0.2) is 0 Å². The Balaban J connectivity index is 1.47. The second-order valence-electron chi connectivity index (χ2n) is 12.8. The minimum atomic E-state index is -0.116. The second-order valence-corrected chi connectivity index (χ2v) is 12.8. The third-order valence-electron chi connectivity index (χ3n) is 8.65. The monoisotopic (exact) mass is 521 g/mol. The number of hydrogen-bond acceptors (Lipinski definition) is 1. The molecule has 0 N–H and O–H groups in total. The average molecular weight is 522 g/mol. The first-order valence-corrected chi connectivity index (χ1v) is 14.4. The van der Waals surface area contributed by atoms with Gasteiger partial charge in [-0.05, 0) is 115 Å². The molecule has 200 valence electrons. The van der Waals surface area contributed by atoms with Crippen molar-refractivity contribution >= 4 is 11.4 Å². The quantitative estimate of drug-likeness (QED) is 0.227. The molecular formula is C39H39N. The molecule has 0 radical (unpaired) electrons. The van der Waals surface area contributed by atoms with Gasteiger partial charge in [0.15, 0.2) is 0 Å². The van der Waals surface area contributed by atoms with E-state index in [0.717, 1.165) is 0 Å². The lowest BCUT2D eigenvalue weighted by atomic mass is 9.81. The number of hydrogen-bond donors (Lipinski definition) is 0. The lowest BCUT2D eigenvalue weighted by Gasteiger charge is -2.39. The van der Waals surface area contributed by atoms with Crippen molar-refractivity contribution in [1.29, 1.82) is 0 Å². The fraction of sp³-hybridized carbons (Fsp3) is 0.231. The zero-order valence-corrected chi connectivity index (χ0v) is 24.8. The van der Waals surface area contributed by atoms with Crippen LogP contribution in [0.15, 0.2) is 109 Å². The van der Waals surface area contributed by atoms with Gasteiger partial charge in [0.25, 0.3) is 0 Å². The van der Waals surface area contributed by atoms with Crippen molar-refractivity contribution in [2.24, 2.45) is 0 Å². The lowest BCUT2D eigenvalue weighted by Crippen LogP contribution is -2.38. The van der Waals surface area contributed by atoms with Gasteiger partial charge in [0.2, 0.25) is 0 Å². The Kier molecular flexibility index (Phi) is 6.22. The van der Waals surface area contributed by atoms with Gasteiger partial charge >= 0.3 is 0 Å². The maximum absolute atomic E-state index is 2.50. The summed E-state index contributed by atoms with van der Waals surface area (Å²) in [6.07, 6.45) is 0. The van der Waals surface area contributed by atoms with Gasteiger partial charge in [-0.1, -0.05) is 98.8 Å². The first-order valence-electron chi connectivity index (χ1n) is 14.4. The molecule has 0 amide bonds. The maximum Gasteiger partial charge on any atom is 0.0451 e. The zero-order chi connectivity index (χ0) is 28.2. The van der Waals surface area contributed by atoms with Crippen LogP contribution in [0.5, 0.6) is 0 Å². The van der Waals surface area contributed by atoms with Crippen molar-refractivity contribution < 1.29 is 0 Å². The molecule has 0 fully saturated rings. The number of nitrogens with zero attached hydrogens (tertiary/aromatic N) is 1. The molecule has 0 unspecified atom stereocenters. The SMILES string of the molecule is Cc1cc2c(cc1-c1cccc(N(c3cccc(-c4ccccc4)c3C)C(C)(C)C)c1)C(C)(C)c1ccccc1-2. The molecule has 0 atom stereocenters. The highest BCUT2D eigenvalue weighted by Crippen LogP contribution is 2.50. The molecule has 1 heteroatoms. The average Bonchev–Trinajstić information content (AvgIpc) is 3.15. The summed E-state index contributed by atoms with van der Waals surface area (Å²) in [4.78, 5) is 2.50. The molecule has 0 heterocycles. The van der Waals surface area contributed by atoms with Crippen LogP contribution in [0.25, 0.3) is 33.4 Å². The Morgan fingerprint density at radius 1 is 0.550 bits per heavy atom. The van der Waals surface area contributed by atoms with Crippen LogP contribution in [0.3, 0.4) is 0 Å². The highest BCUT2D eigenvalue weighted by Gasteiger charge is 2.36. The van der Waals surface area contributed by atoms with E-state index >= 15 is 0 Å². The summed E-state index contributed by atoms with van der Waals surface area (Å²) in [6.45, 7) is 16.1. The van der Waals surface area contributed by atoms with Crippen LogP contribution in [0.4, 0.5) is 11.4 Å². The Labute approximate surface area is 240 Å². The van der Waals surface area contributed by atoms with E-state index in [1.807, 2.05) is 0 Å². The molecule has 5 aromatic rings. The van der Waals surface area contributed by atoms with Crippen molar-refractivity contribution in [2.75, 3.05) is 4.90 Å². The first-order chi connectivity index (χ1) is 19.1.